The van der Waals surface area contributed by atoms with Crippen molar-refractivity contribution in [3.8, 4) is 28.1 Å². The van der Waals surface area contributed by atoms with Crippen molar-refractivity contribution >= 4 is 27.5 Å². The highest BCUT2D eigenvalue weighted by molar-refractivity contribution is 7.89. The number of carbonyl (C=O) groups excluding carboxylic acids is 1. The molecule has 3 N–H and O–H groups in total. The van der Waals surface area contributed by atoms with Crippen LogP contribution in [0.2, 0.25) is 5.02 Å². The van der Waals surface area contributed by atoms with Crippen LogP contribution in [-0.4, -0.2) is 43.7 Å². The minimum Gasteiger partial charge on any atom is -0.495 e. The van der Waals surface area contributed by atoms with Gasteiger partial charge < -0.3 is 4.74 Å². The summed E-state index contributed by atoms with van der Waals surface area (Å²) in [5, 5.41) is 15.4. The monoisotopic (exact) mass is 475 g/mol. The van der Waals surface area contributed by atoms with Gasteiger partial charge in [-0.3, -0.25) is 15.0 Å². The first-order valence-corrected chi connectivity index (χ1v) is 11.4. The molecule has 0 atom stereocenters. The predicted octanol–water partition coefficient (Wildman–Crippen LogP) is 3.51. The van der Waals surface area contributed by atoms with Crippen LogP contribution in [0.25, 0.3) is 22.4 Å². The van der Waals surface area contributed by atoms with Crippen molar-refractivity contribution < 1.29 is 23.2 Å². The topological polar surface area (TPSA) is 123 Å². The van der Waals surface area contributed by atoms with Gasteiger partial charge in [-0.25, -0.2) is 18.6 Å². The number of aryl methyl sites for hydroxylation is 1. The molecule has 0 spiro atoms. The van der Waals surface area contributed by atoms with Gasteiger partial charge in [0, 0.05) is 30.8 Å². The summed E-state index contributed by atoms with van der Waals surface area (Å²) in [7, 11) is -1.01. The van der Waals surface area contributed by atoms with Gasteiger partial charge in [-0.2, -0.15) is 0 Å². The Kier molecular flexibility index (Phi) is 7.15. The number of halogens is 1. The zero-order chi connectivity index (χ0) is 23.5. The maximum atomic E-state index is 11.8. The summed E-state index contributed by atoms with van der Waals surface area (Å²) >= 11 is 6.32. The number of methoxy groups -OCH3 is 1. The second kappa shape index (κ2) is 9.66. The molecule has 10 heteroatoms. The third kappa shape index (κ3) is 5.43. The molecule has 1 heterocycles. The number of benzene rings is 2. The van der Waals surface area contributed by atoms with Gasteiger partial charge in [-0.1, -0.05) is 29.8 Å². The van der Waals surface area contributed by atoms with Gasteiger partial charge in [-0.05, 0) is 47.9 Å². The molecule has 1 aromatic heterocycles. The fourth-order valence-corrected chi connectivity index (χ4v) is 3.92. The van der Waals surface area contributed by atoms with Crippen LogP contribution in [0.1, 0.15) is 12.0 Å². The smallest absolute Gasteiger partial charge is 0.245 e. The first-order chi connectivity index (χ1) is 15.1. The number of aromatic nitrogens is 1. The largest absolute Gasteiger partial charge is 0.495 e. The van der Waals surface area contributed by atoms with E-state index in [1.165, 1.54) is 26.3 Å². The van der Waals surface area contributed by atoms with Crippen molar-refractivity contribution in [1.82, 2.24) is 10.0 Å². The number of nitrogens with two attached hydrogens (primary N) is 1. The van der Waals surface area contributed by atoms with Crippen LogP contribution in [0, 0.1) is 0 Å². The molecule has 1 amide bonds. The molecule has 0 aliphatic rings. The Labute approximate surface area is 191 Å². The van der Waals surface area contributed by atoms with E-state index in [2.05, 4.69) is 4.98 Å². The van der Waals surface area contributed by atoms with Crippen LogP contribution in [0.15, 0.2) is 59.6 Å². The number of rotatable bonds is 7. The number of pyridine rings is 1. The maximum Gasteiger partial charge on any atom is 0.245 e. The standard InChI is InChI=1S/C22H22ClN3O5S/c1-26(28)21(27)10-3-14-11-18(16-6-9-20(31-2)19(23)12-16)22(25-13-14)15-4-7-17(8-5-15)32(24,29)30/h4-9,11-13,28H,3,10H2,1-2H3,(H2,24,29,30). The summed E-state index contributed by atoms with van der Waals surface area (Å²) in [6.45, 7) is 0. The average molecular weight is 476 g/mol. The van der Waals surface area contributed by atoms with E-state index in [4.69, 9.17) is 21.5 Å². The van der Waals surface area contributed by atoms with E-state index in [-0.39, 0.29) is 11.3 Å². The SMILES string of the molecule is COc1ccc(-c2cc(CCC(=O)N(C)O)cnc2-c2ccc(S(N)(=O)=O)cc2)cc1Cl. The van der Waals surface area contributed by atoms with E-state index in [0.29, 0.717) is 33.5 Å². The number of carbonyl (C=O) groups is 1. The lowest BCUT2D eigenvalue weighted by Gasteiger charge is -2.14. The summed E-state index contributed by atoms with van der Waals surface area (Å²) < 4.78 is 28.4. The maximum absolute atomic E-state index is 11.8. The number of hydrogen-bond donors (Lipinski definition) is 2. The summed E-state index contributed by atoms with van der Waals surface area (Å²) in [6, 6.07) is 13.3. The zero-order valence-corrected chi connectivity index (χ0v) is 19.0. The van der Waals surface area contributed by atoms with Crippen molar-refractivity contribution in [3.05, 3.63) is 65.3 Å². The number of hydrogen-bond acceptors (Lipinski definition) is 6. The van der Waals surface area contributed by atoms with Crippen molar-refractivity contribution in [3.63, 3.8) is 0 Å². The summed E-state index contributed by atoms with van der Waals surface area (Å²) in [5.41, 5.74) is 3.56. The number of primary sulfonamides is 1. The van der Waals surface area contributed by atoms with Crippen LogP contribution >= 0.6 is 11.6 Å². The molecule has 2 aromatic carbocycles. The number of nitrogens with zero attached hydrogens (tertiary/aromatic N) is 2. The first kappa shape index (κ1) is 23.7. The minimum absolute atomic E-state index is 0.00134. The fraction of sp³-hybridized carbons (Fsp3) is 0.182. The van der Waals surface area contributed by atoms with E-state index in [9.17, 15) is 18.4 Å². The summed E-state index contributed by atoms with van der Waals surface area (Å²) in [6.07, 6.45) is 2.13. The van der Waals surface area contributed by atoms with Gasteiger partial charge in [0.2, 0.25) is 15.9 Å². The number of hydroxylamine groups is 2. The van der Waals surface area contributed by atoms with Crippen molar-refractivity contribution in [2.75, 3.05) is 14.2 Å². The number of ether oxygens (including phenoxy) is 1. The van der Waals surface area contributed by atoms with Gasteiger partial charge in [-0.15, -0.1) is 0 Å². The summed E-state index contributed by atoms with van der Waals surface area (Å²) in [5.74, 6) is 0.108. The molecule has 0 bridgehead atoms. The van der Waals surface area contributed by atoms with E-state index in [0.717, 1.165) is 16.7 Å². The Bertz CT molecular complexity index is 1240. The normalized spacial score (nSPS) is 11.3. The molecule has 3 rings (SSSR count). The van der Waals surface area contributed by atoms with Gasteiger partial charge in [0.15, 0.2) is 0 Å². The highest BCUT2D eigenvalue weighted by Gasteiger charge is 2.15. The van der Waals surface area contributed by atoms with Gasteiger partial charge in [0.25, 0.3) is 0 Å². The van der Waals surface area contributed by atoms with E-state index >= 15 is 0 Å². The van der Waals surface area contributed by atoms with Gasteiger partial charge >= 0.3 is 0 Å². The molecule has 0 saturated carbocycles. The highest BCUT2D eigenvalue weighted by Crippen LogP contribution is 2.35. The Morgan fingerprint density at radius 2 is 1.81 bits per heavy atom. The first-order valence-electron chi connectivity index (χ1n) is 9.51. The Morgan fingerprint density at radius 3 is 2.38 bits per heavy atom. The molecule has 3 aromatic rings. The average Bonchev–Trinajstić information content (AvgIpc) is 2.76. The second-order valence-electron chi connectivity index (χ2n) is 7.08. The van der Waals surface area contributed by atoms with Gasteiger partial charge in [0.1, 0.15) is 5.75 Å². The molecular weight excluding hydrogens is 454 g/mol. The zero-order valence-electron chi connectivity index (χ0n) is 17.4. The Balaban J connectivity index is 2.08. The van der Waals surface area contributed by atoms with Crippen LogP contribution in [0.4, 0.5) is 0 Å². The third-order valence-electron chi connectivity index (χ3n) is 4.85. The lowest BCUT2D eigenvalue weighted by molar-refractivity contribution is -0.159. The molecule has 32 heavy (non-hydrogen) atoms. The molecule has 8 nitrogen and oxygen atoms in total. The molecule has 0 saturated heterocycles. The van der Waals surface area contributed by atoms with E-state index in [1.54, 1.807) is 30.5 Å². The molecule has 0 aliphatic carbocycles. The second-order valence-corrected chi connectivity index (χ2v) is 9.04. The Morgan fingerprint density at radius 1 is 1.16 bits per heavy atom. The van der Waals surface area contributed by atoms with E-state index < -0.39 is 15.9 Å². The van der Waals surface area contributed by atoms with Crippen LogP contribution < -0.4 is 9.88 Å². The third-order valence-corrected chi connectivity index (χ3v) is 6.08. The lowest BCUT2D eigenvalue weighted by Crippen LogP contribution is -2.22. The number of sulfonamides is 1. The van der Waals surface area contributed by atoms with E-state index in [1.807, 2.05) is 12.1 Å². The lowest BCUT2D eigenvalue weighted by atomic mass is 9.96. The molecule has 168 valence electrons. The Hall–Kier alpha value is -2.98. The molecule has 0 aliphatic heterocycles. The summed E-state index contributed by atoms with van der Waals surface area (Å²) in [4.78, 5) is 16.3. The quantitative estimate of drug-likeness (QED) is 0.398. The van der Waals surface area contributed by atoms with Crippen molar-refractivity contribution in [2.45, 2.75) is 17.7 Å². The van der Waals surface area contributed by atoms with Crippen LogP contribution in [0.5, 0.6) is 5.75 Å². The predicted molar refractivity (Wildman–Crippen MR) is 121 cm³/mol. The van der Waals surface area contributed by atoms with Crippen LogP contribution in [0.3, 0.4) is 0 Å². The molecule has 0 unspecified atom stereocenters. The van der Waals surface area contributed by atoms with Gasteiger partial charge in [0.05, 0.1) is 22.7 Å². The molecular formula is C22H22ClN3O5S. The minimum atomic E-state index is -3.81. The van der Waals surface area contributed by atoms with Crippen molar-refractivity contribution in [1.29, 1.82) is 0 Å². The number of amides is 1. The molecule has 0 radical (unpaired) electrons. The fourth-order valence-electron chi connectivity index (χ4n) is 3.14. The molecule has 0 fully saturated rings. The highest BCUT2D eigenvalue weighted by atomic mass is 35.5. The van der Waals surface area contributed by atoms with Crippen LogP contribution in [-0.2, 0) is 21.2 Å². The van der Waals surface area contributed by atoms with Crippen molar-refractivity contribution in [2.24, 2.45) is 5.14 Å².